The normalized spacial score (nSPS) is 15.0. The molecule has 0 aliphatic heterocycles. The summed E-state index contributed by atoms with van der Waals surface area (Å²) in [5, 5.41) is 2.09. The number of thiazole rings is 1. The Bertz CT molecular complexity index is 486. The van der Waals surface area contributed by atoms with E-state index in [1.807, 2.05) is 0 Å². The van der Waals surface area contributed by atoms with Gasteiger partial charge in [-0.1, -0.05) is 0 Å². The van der Waals surface area contributed by atoms with Crippen molar-refractivity contribution in [2.24, 2.45) is 0 Å². The molecule has 21 heavy (non-hydrogen) atoms. The number of carbonyl (C=O) groups is 1. The number of hydrogen-bond donors (Lipinski definition) is 0. The molecule has 4 nitrogen and oxygen atoms in total. The van der Waals surface area contributed by atoms with Gasteiger partial charge in [0.15, 0.2) is 5.13 Å². The lowest BCUT2D eigenvalue weighted by Crippen LogP contribution is -2.35. The fourth-order valence-electron chi connectivity index (χ4n) is 1.94. The fourth-order valence-corrected chi connectivity index (χ4v) is 2.87. The predicted octanol–water partition coefficient (Wildman–Crippen LogP) is 3.17. The number of alkyl halides is 3. The Morgan fingerprint density at radius 3 is 2.81 bits per heavy atom. The van der Waals surface area contributed by atoms with Gasteiger partial charge in [-0.2, -0.15) is 13.2 Å². The molecule has 0 aromatic carbocycles. The van der Waals surface area contributed by atoms with Gasteiger partial charge in [0.1, 0.15) is 6.54 Å². The van der Waals surface area contributed by atoms with Gasteiger partial charge in [0.25, 0.3) is 0 Å². The molecule has 1 fully saturated rings. The molecule has 1 aliphatic carbocycles. The number of anilines is 1. The van der Waals surface area contributed by atoms with Crippen LogP contribution in [0, 0.1) is 0 Å². The number of rotatable bonds is 7. The average molecular weight is 322 g/mol. The molecule has 0 bridgehead atoms. The predicted molar refractivity (Wildman–Crippen MR) is 73.5 cm³/mol. The van der Waals surface area contributed by atoms with Crippen molar-refractivity contribution in [2.75, 3.05) is 18.1 Å². The first-order valence-corrected chi connectivity index (χ1v) is 7.70. The first kappa shape index (κ1) is 16.1. The summed E-state index contributed by atoms with van der Waals surface area (Å²) in [4.78, 5) is 16.8. The van der Waals surface area contributed by atoms with Crippen LogP contribution in [0.5, 0.6) is 0 Å². The molecule has 0 unspecified atom stereocenters. The third kappa shape index (κ3) is 5.18. The maximum Gasteiger partial charge on any atom is 0.406 e. The Kier molecular flexibility index (Phi) is 5.08. The third-order valence-electron chi connectivity index (χ3n) is 3.01. The van der Waals surface area contributed by atoms with E-state index in [1.54, 1.807) is 12.3 Å². The van der Waals surface area contributed by atoms with Gasteiger partial charge in [-0.15, -0.1) is 11.3 Å². The van der Waals surface area contributed by atoms with E-state index in [0.29, 0.717) is 23.9 Å². The third-order valence-corrected chi connectivity index (χ3v) is 3.94. The van der Waals surface area contributed by atoms with Crippen LogP contribution in [0.15, 0.2) is 5.38 Å². The van der Waals surface area contributed by atoms with E-state index < -0.39 is 12.7 Å². The molecule has 8 heteroatoms. The van der Waals surface area contributed by atoms with E-state index >= 15 is 0 Å². The van der Waals surface area contributed by atoms with Gasteiger partial charge in [-0.25, -0.2) is 4.98 Å². The highest BCUT2D eigenvalue weighted by Crippen LogP contribution is 2.36. The first-order chi connectivity index (χ1) is 9.89. The van der Waals surface area contributed by atoms with E-state index in [-0.39, 0.29) is 18.4 Å². The molecule has 0 saturated heterocycles. The van der Waals surface area contributed by atoms with Crippen LogP contribution in [-0.4, -0.2) is 36.3 Å². The van der Waals surface area contributed by atoms with E-state index in [0.717, 1.165) is 12.8 Å². The van der Waals surface area contributed by atoms with Crippen molar-refractivity contribution in [3.8, 4) is 0 Å². The molecule has 0 radical (unpaired) electrons. The van der Waals surface area contributed by atoms with Gasteiger partial charge in [0, 0.05) is 17.8 Å². The van der Waals surface area contributed by atoms with E-state index in [9.17, 15) is 18.0 Å². The van der Waals surface area contributed by atoms with Crippen LogP contribution in [0.3, 0.4) is 0 Å². The fraction of sp³-hybridized carbons (Fsp3) is 0.692. The second-order valence-corrected chi connectivity index (χ2v) is 5.74. The van der Waals surface area contributed by atoms with Gasteiger partial charge in [0.2, 0.25) is 0 Å². The second-order valence-electron chi connectivity index (χ2n) is 4.90. The zero-order chi connectivity index (χ0) is 15.5. The Morgan fingerprint density at radius 2 is 2.24 bits per heavy atom. The molecule has 0 N–H and O–H groups in total. The number of aryl methyl sites for hydroxylation is 1. The molecule has 1 heterocycles. The van der Waals surface area contributed by atoms with Crippen LogP contribution in [0.2, 0.25) is 0 Å². The number of carbonyl (C=O) groups excluding carboxylic acids is 1. The Balaban J connectivity index is 1.95. The summed E-state index contributed by atoms with van der Waals surface area (Å²) in [5.41, 5.74) is 0.635. The smallest absolute Gasteiger partial charge is 0.406 e. The summed E-state index contributed by atoms with van der Waals surface area (Å²) < 4.78 is 42.6. The summed E-state index contributed by atoms with van der Waals surface area (Å²) in [7, 11) is 0. The minimum Gasteiger partial charge on any atom is -0.466 e. The lowest BCUT2D eigenvalue weighted by atomic mass is 10.2. The summed E-state index contributed by atoms with van der Waals surface area (Å²) in [6.45, 7) is 1.08. The molecule has 2 rings (SSSR count). The van der Waals surface area contributed by atoms with Crippen LogP contribution >= 0.6 is 11.3 Å². The average Bonchev–Trinajstić information content (AvgIpc) is 3.12. The summed E-state index contributed by atoms with van der Waals surface area (Å²) in [6, 6.07) is -0.0596. The van der Waals surface area contributed by atoms with E-state index in [2.05, 4.69) is 4.98 Å². The maximum absolute atomic E-state index is 12.6. The molecule has 0 atom stereocenters. The van der Waals surface area contributed by atoms with Crippen molar-refractivity contribution in [3.05, 3.63) is 11.1 Å². The largest absolute Gasteiger partial charge is 0.466 e. The summed E-state index contributed by atoms with van der Waals surface area (Å²) in [5.74, 6) is -0.318. The number of nitrogens with zero attached hydrogens (tertiary/aromatic N) is 2. The second kappa shape index (κ2) is 6.64. The molecule has 0 amide bonds. The highest BCUT2D eigenvalue weighted by atomic mass is 32.1. The van der Waals surface area contributed by atoms with Crippen LogP contribution in [-0.2, 0) is 16.0 Å². The Hall–Kier alpha value is -1.31. The van der Waals surface area contributed by atoms with Gasteiger partial charge in [0.05, 0.1) is 18.7 Å². The number of aromatic nitrogens is 1. The molecule has 1 saturated carbocycles. The van der Waals surface area contributed by atoms with Crippen LogP contribution in [0.25, 0.3) is 0 Å². The zero-order valence-electron chi connectivity index (χ0n) is 11.7. The lowest BCUT2D eigenvalue weighted by molar-refractivity contribution is -0.143. The van der Waals surface area contributed by atoms with Crippen molar-refractivity contribution in [3.63, 3.8) is 0 Å². The quantitative estimate of drug-likeness (QED) is 0.723. The van der Waals surface area contributed by atoms with Crippen LogP contribution in [0.1, 0.15) is 31.9 Å². The number of esters is 1. The molecule has 1 aromatic rings. The Labute approximate surface area is 124 Å². The zero-order valence-corrected chi connectivity index (χ0v) is 12.5. The minimum atomic E-state index is -4.24. The number of hydrogen-bond acceptors (Lipinski definition) is 5. The molecule has 1 aromatic heterocycles. The number of halogens is 3. The first-order valence-electron chi connectivity index (χ1n) is 6.82. The highest BCUT2D eigenvalue weighted by Gasteiger charge is 2.39. The minimum absolute atomic E-state index is 0.0596. The molecular formula is C13H17F3N2O2S. The molecular weight excluding hydrogens is 305 g/mol. The van der Waals surface area contributed by atoms with E-state index in [1.165, 1.54) is 16.2 Å². The molecule has 0 spiro atoms. The van der Waals surface area contributed by atoms with Crippen LogP contribution < -0.4 is 4.90 Å². The van der Waals surface area contributed by atoms with Crippen molar-refractivity contribution in [2.45, 2.75) is 44.8 Å². The summed E-state index contributed by atoms with van der Waals surface area (Å²) in [6.07, 6.45) is -2.11. The van der Waals surface area contributed by atoms with Crippen molar-refractivity contribution in [1.82, 2.24) is 4.98 Å². The van der Waals surface area contributed by atoms with Crippen molar-refractivity contribution < 1.29 is 22.7 Å². The molecule has 1 aliphatic rings. The van der Waals surface area contributed by atoms with Crippen molar-refractivity contribution in [1.29, 1.82) is 0 Å². The number of ether oxygens (including phenoxy) is 1. The van der Waals surface area contributed by atoms with Gasteiger partial charge in [-0.3, -0.25) is 4.79 Å². The van der Waals surface area contributed by atoms with E-state index in [4.69, 9.17) is 4.74 Å². The highest BCUT2D eigenvalue weighted by molar-refractivity contribution is 7.13. The lowest BCUT2D eigenvalue weighted by Gasteiger charge is -2.22. The van der Waals surface area contributed by atoms with Crippen LogP contribution in [0.4, 0.5) is 18.3 Å². The van der Waals surface area contributed by atoms with Gasteiger partial charge >= 0.3 is 12.1 Å². The van der Waals surface area contributed by atoms with Gasteiger partial charge < -0.3 is 9.64 Å². The van der Waals surface area contributed by atoms with Gasteiger partial charge in [-0.05, 0) is 19.8 Å². The maximum atomic E-state index is 12.6. The molecule has 118 valence electrons. The topological polar surface area (TPSA) is 42.4 Å². The van der Waals surface area contributed by atoms with Crippen molar-refractivity contribution >= 4 is 22.4 Å². The SMILES string of the molecule is CCOC(=O)CCc1csc(N(CC(F)(F)F)C2CC2)n1. The monoisotopic (exact) mass is 322 g/mol. The standard InChI is InChI=1S/C13H17F3N2O2S/c1-2-20-11(19)6-3-9-7-21-12(17-9)18(10-4-5-10)8-13(14,15)16/h7,10H,2-6,8H2,1H3. The Morgan fingerprint density at radius 1 is 1.52 bits per heavy atom. The summed E-state index contributed by atoms with van der Waals surface area (Å²) >= 11 is 1.19.